The van der Waals surface area contributed by atoms with Crippen LogP contribution in [0.3, 0.4) is 0 Å². The van der Waals surface area contributed by atoms with E-state index >= 15 is 0 Å². The molecule has 0 radical (unpaired) electrons. The number of ether oxygens (including phenoxy) is 2. The molecular weight excluding hydrogens is 366 g/mol. The fourth-order valence-corrected chi connectivity index (χ4v) is 4.18. The van der Waals surface area contributed by atoms with Crippen LogP contribution >= 0.6 is 0 Å². The van der Waals surface area contributed by atoms with Crippen molar-refractivity contribution >= 4 is 17.5 Å². The first-order valence-electron chi connectivity index (χ1n) is 10.6. The Labute approximate surface area is 172 Å². The summed E-state index contributed by atoms with van der Waals surface area (Å²) in [5, 5.41) is 0. The minimum absolute atomic E-state index is 0.598. The topological polar surface area (TPSA) is 76.7 Å². The number of methoxy groups -OCH3 is 1. The predicted octanol–water partition coefficient (Wildman–Crippen LogP) is 3.19. The van der Waals surface area contributed by atoms with Crippen LogP contribution in [0.5, 0.6) is 11.5 Å². The summed E-state index contributed by atoms with van der Waals surface area (Å²) in [7, 11) is 3.62. The van der Waals surface area contributed by atoms with Crippen molar-refractivity contribution in [3.8, 4) is 11.5 Å². The van der Waals surface area contributed by atoms with Gasteiger partial charge in [0.05, 0.1) is 19.4 Å². The standard InChI is InChI=1S/C22H31N5O2/c1-26(22-24-18-8-5-7-17(18)21(23)25-22)16-9-10-19(28-2)20(15-16)29-14-6-13-27-11-3-4-12-27/h9-10,15H,3-8,11-14H2,1-2H3,(H2,23,24,25). The van der Waals surface area contributed by atoms with E-state index in [9.17, 15) is 0 Å². The lowest BCUT2D eigenvalue weighted by molar-refractivity contribution is 0.254. The van der Waals surface area contributed by atoms with Gasteiger partial charge < -0.3 is 25.0 Å². The van der Waals surface area contributed by atoms with Crippen LogP contribution in [0.25, 0.3) is 0 Å². The quantitative estimate of drug-likeness (QED) is 0.686. The third kappa shape index (κ3) is 4.40. The molecule has 2 aromatic rings. The highest BCUT2D eigenvalue weighted by atomic mass is 16.5. The van der Waals surface area contributed by atoms with Crippen molar-refractivity contribution in [2.45, 2.75) is 38.5 Å². The van der Waals surface area contributed by atoms with Gasteiger partial charge in [-0.05, 0) is 63.7 Å². The molecule has 1 aliphatic heterocycles. The number of fused-ring (bicyclic) bond motifs is 1. The van der Waals surface area contributed by atoms with Crippen molar-refractivity contribution in [1.29, 1.82) is 0 Å². The molecular formula is C22H31N5O2. The summed E-state index contributed by atoms with van der Waals surface area (Å²) in [4.78, 5) is 13.7. The van der Waals surface area contributed by atoms with Crippen molar-refractivity contribution in [3.05, 3.63) is 29.5 Å². The number of nitrogens with zero attached hydrogens (tertiary/aromatic N) is 4. The zero-order chi connectivity index (χ0) is 20.2. The average Bonchev–Trinajstić information content (AvgIpc) is 3.42. The Kier molecular flexibility index (Phi) is 6.04. The van der Waals surface area contributed by atoms with E-state index in [-0.39, 0.29) is 0 Å². The largest absolute Gasteiger partial charge is 0.493 e. The minimum atomic E-state index is 0.598. The fourth-order valence-electron chi connectivity index (χ4n) is 4.18. The highest BCUT2D eigenvalue weighted by Crippen LogP contribution is 2.34. The monoisotopic (exact) mass is 397 g/mol. The Morgan fingerprint density at radius 1 is 1.10 bits per heavy atom. The molecule has 29 heavy (non-hydrogen) atoms. The van der Waals surface area contributed by atoms with E-state index in [1.807, 2.05) is 30.1 Å². The molecule has 4 rings (SSSR count). The normalized spacial score (nSPS) is 16.1. The van der Waals surface area contributed by atoms with Crippen LogP contribution in [-0.2, 0) is 12.8 Å². The molecule has 1 fully saturated rings. The van der Waals surface area contributed by atoms with Gasteiger partial charge in [0.2, 0.25) is 5.95 Å². The third-order valence-electron chi connectivity index (χ3n) is 5.86. The van der Waals surface area contributed by atoms with E-state index in [1.165, 1.54) is 25.9 Å². The second-order valence-corrected chi connectivity index (χ2v) is 7.83. The molecule has 156 valence electrons. The smallest absolute Gasteiger partial charge is 0.231 e. The molecule has 1 aromatic heterocycles. The number of aromatic nitrogens is 2. The Morgan fingerprint density at radius 2 is 1.93 bits per heavy atom. The Bertz CT molecular complexity index is 851. The van der Waals surface area contributed by atoms with Gasteiger partial charge in [0.25, 0.3) is 0 Å². The van der Waals surface area contributed by atoms with Gasteiger partial charge in [-0.1, -0.05) is 0 Å². The average molecular weight is 398 g/mol. The summed E-state index contributed by atoms with van der Waals surface area (Å²) in [5.41, 5.74) is 9.30. The summed E-state index contributed by atoms with van der Waals surface area (Å²) in [6, 6.07) is 5.91. The summed E-state index contributed by atoms with van der Waals surface area (Å²) >= 11 is 0. The Hall–Kier alpha value is -2.54. The number of anilines is 3. The molecule has 2 N–H and O–H groups in total. The van der Waals surface area contributed by atoms with E-state index in [2.05, 4.69) is 9.88 Å². The molecule has 0 bridgehead atoms. The second-order valence-electron chi connectivity index (χ2n) is 7.83. The highest BCUT2D eigenvalue weighted by Gasteiger charge is 2.20. The lowest BCUT2D eigenvalue weighted by atomic mass is 10.2. The van der Waals surface area contributed by atoms with Crippen molar-refractivity contribution in [2.75, 3.05) is 51.0 Å². The molecule has 2 heterocycles. The number of likely N-dealkylation sites (tertiary alicyclic amines) is 1. The molecule has 0 unspecified atom stereocenters. The fraction of sp³-hybridized carbons (Fsp3) is 0.545. The molecule has 1 aliphatic carbocycles. The van der Waals surface area contributed by atoms with E-state index < -0.39 is 0 Å². The van der Waals surface area contributed by atoms with E-state index in [1.54, 1.807) is 7.11 Å². The number of nitrogen functional groups attached to an aromatic ring is 1. The SMILES string of the molecule is COc1ccc(N(C)c2nc(N)c3c(n2)CCC3)cc1OCCCN1CCCC1. The third-order valence-corrected chi connectivity index (χ3v) is 5.86. The Morgan fingerprint density at radius 3 is 2.72 bits per heavy atom. The first kappa shape index (κ1) is 19.8. The molecule has 0 amide bonds. The van der Waals surface area contributed by atoms with Crippen molar-refractivity contribution in [2.24, 2.45) is 0 Å². The van der Waals surface area contributed by atoms with Crippen LogP contribution in [-0.4, -0.2) is 55.3 Å². The lowest BCUT2D eigenvalue weighted by Gasteiger charge is -2.21. The van der Waals surface area contributed by atoms with Crippen LogP contribution in [0.1, 0.15) is 36.9 Å². The van der Waals surface area contributed by atoms with E-state index in [0.717, 1.165) is 60.7 Å². The number of aryl methyl sites for hydroxylation is 1. The second kappa shape index (κ2) is 8.86. The van der Waals surface area contributed by atoms with Gasteiger partial charge in [0.1, 0.15) is 5.82 Å². The van der Waals surface area contributed by atoms with Gasteiger partial charge in [0, 0.05) is 30.9 Å². The van der Waals surface area contributed by atoms with Gasteiger partial charge >= 0.3 is 0 Å². The van der Waals surface area contributed by atoms with Crippen molar-refractivity contribution < 1.29 is 9.47 Å². The summed E-state index contributed by atoms with van der Waals surface area (Å²) in [6.45, 7) is 4.19. The highest BCUT2D eigenvalue weighted by molar-refractivity contribution is 5.63. The molecule has 7 heteroatoms. The van der Waals surface area contributed by atoms with Gasteiger partial charge in [-0.15, -0.1) is 0 Å². The Balaban J connectivity index is 1.46. The molecule has 2 aliphatic rings. The number of nitrogens with two attached hydrogens (primary N) is 1. The van der Waals surface area contributed by atoms with Crippen LogP contribution in [0.15, 0.2) is 18.2 Å². The van der Waals surface area contributed by atoms with E-state index in [0.29, 0.717) is 18.4 Å². The van der Waals surface area contributed by atoms with Crippen LogP contribution in [0.4, 0.5) is 17.5 Å². The molecule has 1 saturated heterocycles. The van der Waals surface area contributed by atoms with Crippen LogP contribution in [0.2, 0.25) is 0 Å². The predicted molar refractivity (Wildman–Crippen MR) is 115 cm³/mol. The maximum absolute atomic E-state index is 6.17. The van der Waals surface area contributed by atoms with Gasteiger partial charge in [-0.3, -0.25) is 0 Å². The number of benzene rings is 1. The van der Waals surface area contributed by atoms with Crippen molar-refractivity contribution in [1.82, 2.24) is 14.9 Å². The first-order valence-corrected chi connectivity index (χ1v) is 10.6. The lowest BCUT2D eigenvalue weighted by Crippen LogP contribution is -2.22. The number of rotatable bonds is 8. The van der Waals surface area contributed by atoms with Gasteiger partial charge in [0.15, 0.2) is 11.5 Å². The molecule has 0 spiro atoms. The molecule has 1 aromatic carbocycles. The van der Waals surface area contributed by atoms with Gasteiger partial charge in [-0.2, -0.15) is 4.98 Å². The molecule has 0 saturated carbocycles. The zero-order valence-corrected chi connectivity index (χ0v) is 17.5. The van der Waals surface area contributed by atoms with Crippen LogP contribution < -0.4 is 20.1 Å². The number of hydrogen-bond donors (Lipinski definition) is 1. The minimum Gasteiger partial charge on any atom is -0.493 e. The zero-order valence-electron chi connectivity index (χ0n) is 17.5. The summed E-state index contributed by atoms with van der Waals surface area (Å²) in [5.74, 6) is 2.69. The van der Waals surface area contributed by atoms with Gasteiger partial charge in [-0.25, -0.2) is 4.98 Å². The maximum Gasteiger partial charge on any atom is 0.231 e. The van der Waals surface area contributed by atoms with Crippen LogP contribution in [0, 0.1) is 0 Å². The molecule has 7 nitrogen and oxygen atoms in total. The maximum atomic E-state index is 6.17. The van der Waals surface area contributed by atoms with E-state index in [4.69, 9.17) is 20.2 Å². The molecule has 0 atom stereocenters. The summed E-state index contributed by atoms with van der Waals surface area (Å²) < 4.78 is 11.6. The number of hydrogen-bond acceptors (Lipinski definition) is 7. The van der Waals surface area contributed by atoms with Crippen molar-refractivity contribution in [3.63, 3.8) is 0 Å². The summed E-state index contributed by atoms with van der Waals surface area (Å²) in [6.07, 6.45) is 6.68. The first-order chi connectivity index (χ1) is 14.2.